The Labute approximate surface area is 302 Å². The van der Waals surface area contributed by atoms with Crippen LogP contribution in [-0.2, 0) is 30.2 Å². The van der Waals surface area contributed by atoms with Crippen LogP contribution in [0.15, 0.2) is 35.9 Å². The number of nitrogens with one attached hydrogen (secondary N) is 1. The lowest BCUT2D eigenvalue weighted by molar-refractivity contribution is -0.160. The highest BCUT2D eigenvalue weighted by atomic mass is 35.5. The maximum Gasteiger partial charge on any atom is 0.409 e. The molecule has 4 bridgehead atoms. The molecular weight excluding hydrogens is 688 g/mol. The SMILES string of the molecule is COc1cc2cc(c1Cl)N(C)C(=O)C[C@H](OC(=O)C1CCC(CSSC)CC1)[C@]1(C)O[C@H]1[C@H](C)[C@@H]1C[C@](O)(C/C=C/C=C(\C)C2)NC(=O)O1. The summed E-state index contributed by atoms with van der Waals surface area (Å²) in [5.74, 6) is 0.823. The number of nitrogens with zero attached hydrogens (tertiary/aromatic N) is 1. The molecule has 0 radical (unpaired) electrons. The van der Waals surface area contributed by atoms with E-state index in [0.29, 0.717) is 28.8 Å². The van der Waals surface area contributed by atoms with Gasteiger partial charge in [-0.1, -0.05) is 63.9 Å². The van der Waals surface area contributed by atoms with E-state index in [1.54, 1.807) is 17.8 Å². The number of hydrogen-bond acceptors (Lipinski definition) is 10. The van der Waals surface area contributed by atoms with Crippen molar-refractivity contribution in [3.63, 3.8) is 0 Å². The van der Waals surface area contributed by atoms with E-state index in [1.165, 1.54) is 12.0 Å². The van der Waals surface area contributed by atoms with Gasteiger partial charge in [-0.05, 0) is 75.8 Å². The number of halogens is 1. The number of carbonyl (C=O) groups excluding carboxylic acids is 3. The smallest absolute Gasteiger partial charge is 0.409 e. The number of carbonyl (C=O) groups is 3. The third-order valence-electron chi connectivity index (χ3n) is 10.4. The van der Waals surface area contributed by atoms with Gasteiger partial charge >= 0.3 is 12.1 Å². The molecule has 270 valence electrons. The van der Waals surface area contributed by atoms with Gasteiger partial charge in [0.1, 0.15) is 34.3 Å². The summed E-state index contributed by atoms with van der Waals surface area (Å²) in [6.07, 6.45) is 8.98. The molecule has 1 aliphatic carbocycles. The number of esters is 1. The highest BCUT2D eigenvalue weighted by molar-refractivity contribution is 8.76. The summed E-state index contributed by atoms with van der Waals surface area (Å²) in [6, 6.07) is 3.71. The van der Waals surface area contributed by atoms with E-state index in [-0.39, 0.29) is 43.0 Å². The summed E-state index contributed by atoms with van der Waals surface area (Å²) in [6.45, 7) is 5.70. The quantitative estimate of drug-likeness (QED) is 0.182. The molecule has 0 spiro atoms. The van der Waals surface area contributed by atoms with Gasteiger partial charge in [-0.2, -0.15) is 0 Å². The Morgan fingerprint density at radius 3 is 2.65 bits per heavy atom. The fraction of sp³-hybridized carbons (Fsp3) is 0.639. The minimum atomic E-state index is -1.52. The fourth-order valence-corrected chi connectivity index (χ4v) is 9.26. The lowest BCUT2D eigenvalue weighted by Gasteiger charge is -2.39. The maximum atomic E-state index is 14.1. The Morgan fingerprint density at radius 2 is 1.96 bits per heavy atom. The zero-order chi connectivity index (χ0) is 35.5. The predicted octanol–water partition coefficient (Wildman–Crippen LogP) is 6.86. The third-order valence-corrected chi connectivity index (χ3v) is 12.8. The normalized spacial score (nSPS) is 35.6. The van der Waals surface area contributed by atoms with E-state index in [0.717, 1.165) is 42.6 Å². The van der Waals surface area contributed by atoms with Crippen LogP contribution >= 0.6 is 33.2 Å². The van der Waals surface area contributed by atoms with Crippen LogP contribution in [0.3, 0.4) is 0 Å². The van der Waals surface area contributed by atoms with Crippen molar-refractivity contribution in [3.8, 4) is 5.75 Å². The number of rotatable bonds is 6. The number of ether oxygens (including phenoxy) is 4. The molecule has 1 aromatic rings. The van der Waals surface area contributed by atoms with Crippen molar-refractivity contribution in [2.24, 2.45) is 17.8 Å². The van der Waals surface area contributed by atoms with Crippen LogP contribution in [0.5, 0.6) is 5.75 Å². The van der Waals surface area contributed by atoms with E-state index in [1.807, 2.05) is 61.9 Å². The van der Waals surface area contributed by atoms with Crippen molar-refractivity contribution in [1.29, 1.82) is 0 Å². The zero-order valence-electron chi connectivity index (χ0n) is 29.2. The molecule has 0 aromatic heterocycles. The highest BCUT2D eigenvalue weighted by Crippen LogP contribution is 2.49. The van der Waals surface area contributed by atoms with Gasteiger partial charge in [-0.25, -0.2) is 4.79 Å². The molecule has 5 rings (SSSR count). The molecule has 0 unspecified atom stereocenters. The van der Waals surface area contributed by atoms with Gasteiger partial charge < -0.3 is 29.0 Å². The van der Waals surface area contributed by atoms with Gasteiger partial charge in [0.2, 0.25) is 5.91 Å². The van der Waals surface area contributed by atoms with E-state index >= 15 is 0 Å². The van der Waals surface area contributed by atoms with Crippen LogP contribution in [0.4, 0.5) is 10.5 Å². The summed E-state index contributed by atoms with van der Waals surface area (Å²) in [5, 5.41) is 14.3. The number of allylic oxidation sites excluding steroid dienone is 3. The van der Waals surface area contributed by atoms with Crippen LogP contribution in [0.25, 0.3) is 0 Å². The standard InChI is InChI=1S/C36H49ClN2O8S2/c1-21-9-7-8-14-36(43)19-28(45-34(42)38-36)22(2)32-35(3,47-32)29(46-33(41)25-12-10-23(11-13-25)20-49-48-6)18-30(40)39(4)26-16-24(15-21)17-27(44-5)31(26)37/h7-9,16-17,22-23,25,28-29,32,43H,10-15,18-20H2,1-6H3,(H,38,42)/b8-7+,21-9+/t22-,23?,25?,28+,29+,32+,35+,36-/m1/s1. The van der Waals surface area contributed by atoms with Crippen molar-refractivity contribution in [1.82, 2.24) is 5.32 Å². The number of epoxide rings is 1. The first-order valence-corrected chi connectivity index (χ1v) is 20.1. The summed E-state index contributed by atoms with van der Waals surface area (Å²) in [7, 11) is 6.79. The Bertz CT molecular complexity index is 1470. The molecule has 6 atom stereocenters. The van der Waals surface area contributed by atoms with Crippen molar-refractivity contribution in [3.05, 3.63) is 46.5 Å². The molecule has 3 heterocycles. The second-order valence-electron chi connectivity index (χ2n) is 14.1. The summed E-state index contributed by atoms with van der Waals surface area (Å²) in [4.78, 5) is 41.9. The monoisotopic (exact) mass is 736 g/mol. The Morgan fingerprint density at radius 1 is 1.22 bits per heavy atom. The van der Waals surface area contributed by atoms with Crippen molar-refractivity contribution in [2.45, 2.75) is 102 Å². The Kier molecular flexibility index (Phi) is 12.3. The molecule has 2 N–H and O–H groups in total. The average molecular weight is 737 g/mol. The molecule has 1 aromatic carbocycles. The number of anilines is 1. The zero-order valence-corrected chi connectivity index (χ0v) is 31.6. The van der Waals surface area contributed by atoms with E-state index in [4.69, 9.17) is 30.5 Å². The van der Waals surface area contributed by atoms with Crippen molar-refractivity contribution >= 4 is 56.8 Å². The minimum Gasteiger partial charge on any atom is -0.495 e. The number of aliphatic hydroxyl groups is 1. The van der Waals surface area contributed by atoms with Gasteiger partial charge in [0.15, 0.2) is 0 Å². The van der Waals surface area contributed by atoms with Gasteiger partial charge in [0.05, 0.1) is 31.2 Å². The number of benzene rings is 1. The molecule has 1 saturated carbocycles. The van der Waals surface area contributed by atoms with Gasteiger partial charge in [0.25, 0.3) is 0 Å². The van der Waals surface area contributed by atoms with E-state index < -0.39 is 35.7 Å². The molecule has 2 amide bonds. The first-order chi connectivity index (χ1) is 23.3. The fourth-order valence-electron chi connectivity index (χ4n) is 7.30. The Hall–Kier alpha value is -2.38. The lowest BCUT2D eigenvalue weighted by Crippen LogP contribution is -2.57. The summed E-state index contributed by atoms with van der Waals surface area (Å²) >= 11 is 6.77. The van der Waals surface area contributed by atoms with Crippen LogP contribution < -0.4 is 15.0 Å². The second kappa shape index (κ2) is 15.9. The van der Waals surface area contributed by atoms with Gasteiger partial charge in [-0.15, -0.1) is 0 Å². The number of methoxy groups -OCH3 is 1. The largest absolute Gasteiger partial charge is 0.495 e. The molecule has 3 aliphatic heterocycles. The van der Waals surface area contributed by atoms with Crippen LogP contribution in [0, 0.1) is 17.8 Å². The highest BCUT2D eigenvalue weighted by Gasteiger charge is 2.64. The second-order valence-corrected chi connectivity index (χ2v) is 17.1. The maximum absolute atomic E-state index is 14.1. The van der Waals surface area contributed by atoms with Gasteiger partial charge in [-0.3, -0.25) is 14.9 Å². The van der Waals surface area contributed by atoms with Crippen molar-refractivity contribution < 1.29 is 38.4 Å². The van der Waals surface area contributed by atoms with E-state index in [9.17, 15) is 19.5 Å². The van der Waals surface area contributed by atoms with Crippen molar-refractivity contribution in [2.75, 3.05) is 31.1 Å². The molecular formula is C36H49ClN2O8S2. The topological polar surface area (TPSA) is 127 Å². The molecule has 2 saturated heterocycles. The van der Waals surface area contributed by atoms with Crippen LogP contribution in [-0.4, -0.2) is 78.9 Å². The number of alkyl carbamates (subject to hydrolysis) is 1. The van der Waals surface area contributed by atoms with Crippen LogP contribution in [0.2, 0.25) is 5.02 Å². The molecule has 3 fully saturated rings. The first-order valence-electron chi connectivity index (χ1n) is 17.0. The minimum absolute atomic E-state index is 0.136. The molecule has 10 nitrogen and oxygen atoms in total. The summed E-state index contributed by atoms with van der Waals surface area (Å²) < 4.78 is 23.8. The molecule has 4 aliphatic rings. The molecule has 13 heteroatoms. The van der Waals surface area contributed by atoms with Crippen LogP contribution in [0.1, 0.15) is 71.3 Å². The Balaban J connectivity index is 1.46. The average Bonchev–Trinajstić information content (AvgIpc) is 3.77. The first kappa shape index (κ1) is 37.9. The van der Waals surface area contributed by atoms with Gasteiger partial charge in [0, 0.05) is 31.6 Å². The number of hydrogen-bond donors (Lipinski definition) is 2. The van der Waals surface area contributed by atoms with E-state index in [2.05, 4.69) is 11.6 Å². The number of amides is 2. The predicted molar refractivity (Wildman–Crippen MR) is 194 cm³/mol. The number of fused-ring (bicyclic) bond motifs is 5. The molecule has 49 heavy (non-hydrogen) atoms. The lowest BCUT2D eigenvalue weighted by atomic mass is 9.82. The summed E-state index contributed by atoms with van der Waals surface area (Å²) in [5.41, 5.74) is -0.163. The third kappa shape index (κ3) is 8.92.